The smallest absolute Gasteiger partial charge is 0.407 e. The lowest BCUT2D eigenvalue weighted by Gasteiger charge is -2.20. The van der Waals surface area contributed by atoms with Gasteiger partial charge in [0.05, 0.1) is 12.2 Å². The molecule has 0 fully saturated rings. The van der Waals surface area contributed by atoms with Gasteiger partial charge in [0.15, 0.2) is 11.6 Å². The molecule has 2 unspecified atom stereocenters. The quantitative estimate of drug-likeness (QED) is 0.0383. The van der Waals surface area contributed by atoms with Crippen molar-refractivity contribution in [3.63, 3.8) is 0 Å². The van der Waals surface area contributed by atoms with Gasteiger partial charge in [-0.2, -0.15) is 0 Å². The molecule has 2 atom stereocenters. The predicted octanol–water partition coefficient (Wildman–Crippen LogP) is 10.9. The molecular weight excluding hydrogens is 977 g/mol. The van der Waals surface area contributed by atoms with Crippen molar-refractivity contribution in [3.8, 4) is 11.5 Å². The first-order valence-corrected chi connectivity index (χ1v) is 25.1. The van der Waals surface area contributed by atoms with E-state index in [2.05, 4.69) is 21.3 Å². The van der Waals surface area contributed by atoms with E-state index in [-0.39, 0.29) is 49.0 Å². The summed E-state index contributed by atoms with van der Waals surface area (Å²) < 4.78 is 20.3. The SMILES string of the molecule is CC(C)(C)OC(=O)NCCC(=O)c1cccc(O)c1.CC(C)(C)OC(=O)NCCC(O)c1cccc(O)c1.Cc1cccc(C(=O)CCNC(=O)OC(C)(C)C)c1.Cc1cccc(C(O)CCNC(=O)OC(C)(C)C)c1. The minimum atomic E-state index is -0.734. The highest BCUT2D eigenvalue weighted by molar-refractivity contribution is 5.97. The number of rotatable bonds is 16. The molecule has 0 bridgehead atoms. The van der Waals surface area contributed by atoms with Gasteiger partial charge in [-0.15, -0.1) is 0 Å². The van der Waals surface area contributed by atoms with Gasteiger partial charge in [-0.25, -0.2) is 19.2 Å². The molecule has 76 heavy (non-hydrogen) atoms. The van der Waals surface area contributed by atoms with Crippen molar-refractivity contribution in [1.82, 2.24) is 21.3 Å². The van der Waals surface area contributed by atoms with Crippen molar-refractivity contribution in [2.24, 2.45) is 0 Å². The summed E-state index contributed by atoms with van der Waals surface area (Å²) >= 11 is 0. The summed E-state index contributed by atoms with van der Waals surface area (Å²) in [6.07, 6.45) is -2.08. The van der Waals surface area contributed by atoms with Crippen molar-refractivity contribution in [2.75, 3.05) is 26.2 Å². The molecule has 0 spiro atoms. The van der Waals surface area contributed by atoms with E-state index in [1.165, 1.54) is 24.3 Å². The fraction of sp³-hybridized carbons (Fsp3) is 0.483. The van der Waals surface area contributed by atoms with Gasteiger partial charge in [-0.3, -0.25) is 9.59 Å². The summed E-state index contributed by atoms with van der Waals surface area (Å²) in [6.45, 7) is 26.6. The number of hydrogen-bond acceptors (Lipinski definition) is 14. The number of aromatic hydroxyl groups is 2. The zero-order valence-corrected chi connectivity index (χ0v) is 46.9. The summed E-state index contributed by atoms with van der Waals surface area (Å²) in [6, 6.07) is 27.7. The van der Waals surface area contributed by atoms with Crippen molar-refractivity contribution < 1.29 is 68.1 Å². The fourth-order valence-electron chi connectivity index (χ4n) is 6.16. The molecule has 0 radical (unpaired) electrons. The van der Waals surface area contributed by atoms with Gasteiger partial charge in [0, 0.05) is 50.1 Å². The van der Waals surface area contributed by atoms with Gasteiger partial charge in [0.2, 0.25) is 0 Å². The summed E-state index contributed by atoms with van der Waals surface area (Å²) in [5, 5.41) is 48.7. The second-order valence-electron chi connectivity index (χ2n) is 21.6. The van der Waals surface area contributed by atoms with E-state index in [0.717, 1.165) is 16.7 Å². The molecule has 18 heteroatoms. The van der Waals surface area contributed by atoms with Crippen LogP contribution in [-0.4, -0.2) is 105 Å². The minimum absolute atomic E-state index is 0.0137. The number of phenols is 2. The number of alkyl carbamates (subject to hydrolysis) is 4. The van der Waals surface area contributed by atoms with Crippen LogP contribution < -0.4 is 21.3 Å². The third-order valence-electron chi connectivity index (χ3n) is 9.40. The van der Waals surface area contributed by atoms with Gasteiger partial charge >= 0.3 is 24.4 Å². The van der Waals surface area contributed by atoms with E-state index < -0.39 is 59.0 Å². The number of hydrogen-bond donors (Lipinski definition) is 8. The highest BCUT2D eigenvalue weighted by Crippen LogP contribution is 2.21. The lowest BCUT2D eigenvalue weighted by atomic mass is 10.0. The van der Waals surface area contributed by atoms with Crippen LogP contribution in [0.25, 0.3) is 0 Å². The largest absolute Gasteiger partial charge is 0.508 e. The molecule has 0 aliphatic rings. The molecule has 0 aliphatic carbocycles. The number of aryl methyl sites for hydroxylation is 2. The Morgan fingerprint density at radius 1 is 0.421 bits per heavy atom. The Balaban J connectivity index is 0.000000507. The van der Waals surface area contributed by atoms with Crippen molar-refractivity contribution in [1.29, 1.82) is 0 Å². The first-order valence-electron chi connectivity index (χ1n) is 25.1. The topological polar surface area (TPSA) is 268 Å². The van der Waals surface area contributed by atoms with Crippen molar-refractivity contribution in [3.05, 3.63) is 130 Å². The van der Waals surface area contributed by atoms with Crippen LogP contribution in [0.15, 0.2) is 97.1 Å². The third-order valence-corrected chi connectivity index (χ3v) is 9.40. The van der Waals surface area contributed by atoms with Gasteiger partial charge in [-0.1, -0.05) is 77.9 Å². The number of amides is 4. The van der Waals surface area contributed by atoms with Crippen LogP contribution in [0.2, 0.25) is 0 Å². The molecule has 0 saturated carbocycles. The Morgan fingerprint density at radius 2 is 0.724 bits per heavy atom. The zero-order chi connectivity index (χ0) is 57.9. The van der Waals surface area contributed by atoms with Crippen LogP contribution in [0.1, 0.15) is 164 Å². The number of ketones is 2. The summed E-state index contributed by atoms with van der Waals surface area (Å²) in [5.41, 5.74) is 2.62. The van der Waals surface area contributed by atoms with E-state index in [0.29, 0.717) is 42.6 Å². The monoisotopic (exact) mass is 1060 g/mol. The zero-order valence-electron chi connectivity index (χ0n) is 46.9. The number of carbonyl (C=O) groups excluding carboxylic acids is 6. The van der Waals surface area contributed by atoms with Gasteiger partial charge < -0.3 is 60.6 Å². The number of ether oxygens (including phenoxy) is 4. The lowest BCUT2D eigenvalue weighted by Crippen LogP contribution is -2.33. The predicted molar refractivity (Wildman–Crippen MR) is 293 cm³/mol. The number of carbonyl (C=O) groups is 6. The highest BCUT2D eigenvalue weighted by Gasteiger charge is 2.20. The molecule has 0 aliphatic heterocycles. The van der Waals surface area contributed by atoms with Crippen LogP contribution in [0.5, 0.6) is 11.5 Å². The van der Waals surface area contributed by atoms with Crippen molar-refractivity contribution >= 4 is 35.9 Å². The van der Waals surface area contributed by atoms with Crippen molar-refractivity contribution in [2.45, 2.75) is 157 Å². The number of Topliss-reactive ketones (excluding diaryl/α,β-unsaturated/α-hetero) is 2. The molecule has 0 saturated heterocycles. The van der Waals surface area contributed by atoms with E-state index in [9.17, 15) is 49.2 Å². The van der Waals surface area contributed by atoms with E-state index in [4.69, 9.17) is 18.9 Å². The van der Waals surface area contributed by atoms with E-state index >= 15 is 0 Å². The number of benzene rings is 4. The number of aliphatic hydroxyl groups excluding tert-OH is 2. The molecule has 18 nitrogen and oxygen atoms in total. The van der Waals surface area contributed by atoms with E-state index in [1.54, 1.807) is 92.6 Å². The molecular formula is C58H84N4O14. The lowest BCUT2D eigenvalue weighted by molar-refractivity contribution is 0.0505. The van der Waals surface area contributed by atoms with Crippen LogP contribution in [0.4, 0.5) is 19.2 Å². The third kappa shape index (κ3) is 33.6. The second kappa shape index (κ2) is 32.3. The molecule has 0 heterocycles. The summed E-state index contributed by atoms with van der Waals surface area (Å²) in [4.78, 5) is 69.2. The second-order valence-corrected chi connectivity index (χ2v) is 21.6. The van der Waals surface area contributed by atoms with Crippen LogP contribution in [-0.2, 0) is 18.9 Å². The van der Waals surface area contributed by atoms with Gasteiger partial charge in [0.1, 0.15) is 33.9 Å². The molecule has 4 amide bonds. The number of aliphatic hydroxyl groups is 2. The fourth-order valence-corrected chi connectivity index (χ4v) is 6.16. The average Bonchev–Trinajstić information content (AvgIpc) is 3.27. The first-order chi connectivity index (χ1) is 35.1. The summed E-state index contributed by atoms with van der Waals surface area (Å²) in [7, 11) is 0. The Hall–Kier alpha value is -7.18. The van der Waals surface area contributed by atoms with Crippen LogP contribution >= 0.6 is 0 Å². The first kappa shape index (κ1) is 66.8. The maximum absolute atomic E-state index is 11.9. The Labute approximate surface area is 449 Å². The molecule has 0 aromatic heterocycles. The standard InChI is InChI=1S/C15H23NO3.C15H21NO3.C14H21NO4.C14H19NO4/c2*1-11-6-5-7-12(10-11)13(17)8-9-16-14(18)19-15(2,3)4;2*1-14(2,3)19-13(18)15-8-7-12(17)10-5-4-6-11(16)9-10/h5-7,10,13,17H,8-9H2,1-4H3,(H,16,18);5-7,10H,8-9H2,1-4H3,(H,16,18);4-6,9,12,16-17H,7-8H2,1-3H3,(H,15,18);4-6,9,16H,7-8H2,1-3H3,(H,15,18). The minimum Gasteiger partial charge on any atom is -0.508 e. The van der Waals surface area contributed by atoms with E-state index in [1.807, 2.05) is 77.1 Å². The van der Waals surface area contributed by atoms with Gasteiger partial charge in [0.25, 0.3) is 0 Å². The number of phenolic OH excluding ortho intramolecular Hbond substituents is 2. The maximum Gasteiger partial charge on any atom is 0.407 e. The van der Waals surface area contributed by atoms with Crippen LogP contribution in [0, 0.1) is 13.8 Å². The average molecular weight is 1060 g/mol. The molecule has 8 N–H and O–H groups in total. The molecule has 4 aromatic carbocycles. The highest BCUT2D eigenvalue weighted by atomic mass is 16.6. The molecule has 4 rings (SSSR count). The summed E-state index contributed by atoms with van der Waals surface area (Å²) in [5.74, 6) is 0.0225. The Morgan fingerprint density at radius 3 is 1.07 bits per heavy atom. The molecule has 420 valence electrons. The van der Waals surface area contributed by atoms with Crippen LogP contribution in [0.3, 0.4) is 0 Å². The maximum atomic E-state index is 11.9. The Kier molecular flexibility index (Phi) is 28.4. The normalized spacial score (nSPS) is 11.9. The Bertz CT molecular complexity index is 2280. The molecule has 4 aromatic rings. The number of nitrogens with one attached hydrogen (secondary N) is 4. The van der Waals surface area contributed by atoms with Gasteiger partial charge in [-0.05, 0) is 151 Å².